The summed E-state index contributed by atoms with van der Waals surface area (Å²) in [5, 5.41) is 2.62. The summed E-state index contributed by atoms with van der Waals surface area (Å²) >= 11 is 0. The van der Waals surface area contributed by atoms with Gasteiger partial charge in [0.1, 0.15) is 6.56 Å². The summed E-state index contributed by atoms with van der Waals surface area (Å²) in [7, 11) is 1.16. The van der Waals surface area contributed by atoms with Crippen LogP contribution in [0.1, 0.15) is 23.5 Å². The number of hydrogen-bond acceptors (Lipinski definition) is 3. The largest absolute Gasteiger partial charge is 0.447 e. The van der Waals surface area contributed by atoms with Gasteiger partial charge in [0.2, 0.25) is 0 Å². The van der Waals surface area contributed by atoms with Gasteiger partial charge in [-0.3, -0.25) is 0 Å². The van der Waals surface area contributed by atoms with E-state index >= 15 is 0 Å². The quantitative estimate of drug-likeness (QED) is 0.886. The zero-order valence-corrected chi connectivity index (χ0v) is 11.4. The van der Waals surface area contributed by atoms with E-state index in [0.717, 1.165) is 7.05 Å². The van der Waals surface area contributed by atoms with Crippen LogP contribution in [0.4, 0.5) is 4.79 Å². The lowest BCUT2D eigenvalue weighted by atomic mass is 10.0. The molecule has 0 spiro atoms. The fourth-order valence-electron chi connectivity index (χ4n) is 2.14. The number of cyclic esters (lactones) is 1. The monoisotopic (exact) mass is 296 g/mol. The first-order valence-corrected chi connectivity index (χ1v) is 6.40. The third-order valence-corrected chi connectivity index (χ3v) is 3.12. The lowest BCUT2D eigenvalue weighted by Crippen LogP contribution is -2.28. The molecule has 0 bridgehead atoms. The summed E-state index contributed by atoms with van der Waals surface area (Å²) in [6.45, 7) is -7.40. The minimum atomic E-state index is -2.63. The molecular formula is C16H21N3O2. The van der Waals surface area contributed by atoms with Gasteiger partial charge in [0.15, 0.2) is 0 Å². The lowest BCUT2D eigenvalue weighted by Gasteiger charge is -2.09. The van der Waals surface area contributed by atoms with E-state index in [2.05, 4.69) is 15.0 Å². The van der Waals surface area contributed by atoms with Crippen LogP contribution < -0.4 is 5.32 Å². The molecule has 21 heavy (non-hydrogen) atoms. The van der Waals surface area contributed by atoms with E-state index in [9.17, 15) is 4.79 Å². The molecule has 5 heteroatoms. The number of hydrogen-bond donors (Lipinski definition) is 2. The second kappa shape index (κ2) is 5.77. The minimum Gasteiger partial charge on any atom is -0.447 e. The number of aromatic amines is 1. The molecule has 112 valence electrons. The first-order chi connectivity index (χ1) is 13.6. The number of amides is 1. The maximum atomic E-state index is 11.4. The van der Waals surface area contributed by atoms with Gasteiger partial charge in [-0.05, 0) is 50.1 Å². The van der Waals surface area contributed by atoms with Crippen molar-refractivity contribution in [1.29, 1.82) is 0 Å². The van der Waals surface area contributed by atoms with Crippen LogP contribution in [0, 0.1) is 0 Å². The predicted molar refractivity (Wildman–Crippen MR) is 82.5 cm³/mol. The normalized spacial score (nSPS) is 29.0. The molecule has 1 aromatic carbocycles. The van der Waals surface area contributed by atoms with Crippen molar-refractivity contribution in [2.75, 3.05) is 27.1 Å². The number of carbonyl (C=O) groups is 1. The van der Waals surface area contributed by atoms with Crippen molar-refractivity contribution in [3.63, 3.8) is 0 Å². The van der Waals surface area contributed by atoms with Gasteiger partial charge in [-0.2, -0.15) is 0 Å². The van der Waals surface area contributed by atoms with Crippen molar-refractivity contribution in [3.8, 4) is 0 Å². The maximum Gasteiger partial charge on any atom is 0.407 e. The van der Waals surface area contributed by atoms with Crippen molar-refractivity contribution < 1.29 is 21.9 Å². The molecule has 1 fully saturated rings. The molecule has 5 nitrogen and oxygen atoms in total. The highest BCUT2D eigenvalue weighted by Crippen LogP contribution is 2.21. The highest BCUT2D eigenvalue weighted by atomic mass is 16.6. The van der Waals surface area contributed by atoms with Crippen molar-refractivity contribution in [2.45, 2.75) is 18.8 Å². The van der Waals surface area contributed by atoms with Gasteiger partial charge in [0, 0.05) is 33.2 Å². The third-order valence-electron chi connectivity index (χ3n) is 3.12. The summed E-state index contributed by atoms with van der Waals surface area (Å²) in [6.07, 6.45) is -2.15. The number of aryl methyl sites for hydroxylation is 1. The van der Waals surface area contributed by atoms with Crippen molar-refractivity contribution in [3.05, 3.63) is 35.5 Å². The number of likely N-dealkylation sites (N-methyl/N-ethyl adjacent to an activating group) is 1. The Balaban J connectivity index is 1.98. The molecule has 2 heterocycles. The Labute approximate surface area is 136 Å². The van der Waals surface area contributed by atoms with E-state index in [-0.39, 0.29) is 12.0 Å². The molecule has 1 aromatic heterocycles. The number of nitrogens with one attached hydrogen (secondary N) is 2. The smallest absolute Gasteiger partial charge is 0.407 e. The van der Waals surface area contributed by atoms with E-state index in [1.54, 1.807) is 6.07 Å². The number of alkyl carbamates (subject to hydrolysis) is 1. The van der Waals surface area contributed by atoms with Crippen LogP contribution in [0.2, 0.25) is 0 Å². The number of ether oxygens (including phenoxy) is 1. The Bertz CT molecular complexity index is 971. The molecule has 0 unspecified atom stereocenters. The van der Waals surface area contributed by atoms with Crippen molar-refractivity contribution >= 4 is 17.0 Å². The van der Waals surface area contributed by atoms with Gasteiger partial charge in [0.05, 0.1) is 8.78 Å². The van der Waals surface area contributed by atoms with Crippen LogP contribution in [-0.4, -0.2) is 49.1 Å². The average molecular weight is 296 g/mol. The van der Waals surface area contributed by atoms with Gasteiger partial charge >= 0.3 is 6.09 Å². The topological polar surface area (TPSA) is 57.4 Å². The fourth-order valence-corrected chi connectivity index (χ4v) is 2.14. The number of benzene rings is 1. The maximum absolute atomic E-state index is 11.4. The molecular weight excluding hydrogens is 266 g/mol. The van der Waals surface area contributed by atoms with Crippen LogP contribution in [0.3, 0.4) is 0 Å². The SMILES string of the molecule is [2H]C1([2H])OC(=O)N[C@H]1C([2H])([2H])c1ccc2[nH]cc(CC([2H])([2H])N(C)C([2H])([2H])[2H])c2c1. The number of nitrogens with zero attached hydrogens (tertiary/aromatic N) is 1. The van der Waals surface area contributed by atoms with Crippen molar-refractivity contribution in [2.24, 2.45) is 0 Å². The minimum absolute atomic E-state index is 0.0558. The van der Waals surface area contributed by atoms with E-state index in [1.165, 1.54) is 18.3 Å². The Morgan fingerprint density at radius 2 is 2.52 bits per heavy atom. The summed E-state index contributed by atoms with van der Waals surface area (Å²) in [5.41, 5.74) is 1.06. The summed E-state index contributed by atoms with van der Waals surface area (Å²) in [6, 6.07) is 2.84. The van der Waals surface area contributed by atoms with Gasteiger partial charge in [-0.25, -0.2) is 4.79 Å². The molecule has 1 amide bonds. The predicted octanol–water partition coefficient (Wildman–Crippen LogP) is 1.92. The van der Waals surface area contributed by atoms with Gasteiger partial charge in [-0.1, -0.05) is 6.07 Å². The van der Waals surface area contributed by atoms with Crippen LogP contribution in [0.25, 0.3) is 10.9 Å². The summed E-state index contributed by atoms with van der Waals surface area (Å²) in [5.74, 6) is 0. The van der Waals surface area contributed by atoms with Gasteiger partial charge in [-0.15, -0.1) is 0 Å². The molecule has 1 aliphatic heterocycles. The zero-order valence-electron chi connectivity index (χ0n) is 20.4. The molecule has 3 rings (SSSR count). The van der Waals surface area contributed by atoms with Crippen LogP contribution in [0.15, 0.2) is 24.4 Å². The number of rotatable bonds is 5. The third kappa shape index (κ3) is 3.19. The molecule has 2 N–H and O–H groups in total. The van der Waals surface area contributed by atoms with E-state index in [1.807, 2.05) is 0 Å². The van der Waals surface area contributed by atoms with E-state index in [4.69, 9.17) is 12.3 Å². The number of carbonyl (C=O) groups excluding carboxylic acids is 1. The zero-order chi connectivity index (χ0) is 22.7. The Kier molecular flexibility index (Phi) is 1.88. The highest BCUT2D eigenvalue weighted by Gasteiger charge is 2.22. The molecule has 1 aliphatic rings. The highest BCUT2D eigenvalue weighted by molar-refractivity contribution is 5.84. The number of fused-ring (bicyclic) bond motifs is 1. The van der Waals surface area contributed by atoms with E-state index < -0.39 is 38.5 Å². The molecule has 1 atom stereocenters. The lowest BCUT2D eigenvalue weighted by molar-refractivity contribution is 0.177. The van der Waals surface area contributed by atoms with Gasteiger partial charge < -0.3 is 19.9 Å². The molecule has 0 aliphatic carbocycles. The Morgan fingerprint density at radius 1 is 1.62 bits per heavy atom. The molecule has 0 saturated carbocycles. The van der Waals surface area contributed by atoms with E-state index in [0.29, 0.717) is 21.4 Å². The average Bonchev–Trinajstić information content (AvgIpc) is 3.12. The van der Waals surface area contributed by atoms with Crippen LogP contribution >= 0.6 is 0 Å². The Hall–Kier alpha value is -2.01. The van der Waals surface area contributed by atoms with Crippen molar-refractivity contribution in [1.82, 2.24) is 15.2 Å². The standard InChI is InChI=1S/C16H21N3O2/c1-19(2)6-5-12-9-17-15-4-3-11(8-14(12)15)7-13-10-21-16(20)18-13/h3-4,8-9,13,17H,5-7,10H2,1-2H3,(H,18,20)/t13-/m0/s1/i1D3,6D2,7D2,10D2. The summed E-state index contributed by atoms with van der Waals surface area (Å²) in [4.78, 5) is 15.0. The molecule has 2 aromatic rings. The first-order valence-electron chi connectivity index (χ1n) is 10.9. The molecule has 0 radical (unpaired) electrons. The molecule has 1 saturated heterocycles. The second-order valence-electron chi connectivity index (χ2n) is 4.70. The van der Waals surface area contributed by atoms with Gasteiger partial charge in [0.25, 0.3) is 0 Å². The van der Waals surface area contributed by atoms with Crippen LogP contribution in [-0.2, 0) is 17.5 Å². The Morgan fingerprint density at radius 3 is 3.29 bits per heavy atom. The van der Waals surface area contributed by atoms with Crippen LogP contribution in [0.5, 0.6) is 0 Å². The first kappa shape index (κ1) is 6.83. The number of aromatic nitrogens is 1. The number of H-pyrrole nitrogens is 1. The second-order valence-corrected chi connectivity index (χ2v) is 4.70. The summed E-state index contributed by atoms with van der Waals surface area (Å²) < 4.78 is 75.5. The fraction of sp³-hybridized carbons (Fsp3) is 0.438.